The summed E-state index contributed by atoms with van der Waals surface area (Å²) in [6.45, 7) is 9.59. The number of piperazine rings is 1. The van der Waals surface area contributed by atoms with Crippen LogP contribution in [0.2, 0.25) is 0 Å². The molecule has 1 atom stereocenters. The average Bonchev–Trinajstić information content (AvgIpc) is 2.97. The van der Waals surface area contributed by atoms with Crippen molar-refractivity contribution in [2.45, 2.75) is 39.4 Å². The third-order valence-corrected chi connectivity index (χ3v) is 5.73. The third-order valence-electron chi connectivity index (χ3n) is 4.83. The van der Waals surface area contributed by atoms with Crippen molar-refractivity contribution in [2.24, 2.45) is 0 Å². The van der Waals surface area contributed by atoms with Gasteiger partial charge in [-0.25, -0.2) is 4.98 Å². The van der Waals surface area contributed by atoms with Gasteiger partial charge in [0.2, 0.25) is 0 Å². The lowest BCUT2D eigenvalue weighted by Crippen LogP contribution is -2.52. The normalized spacial score (nSPS) is 19.7. The topological polar surface area (TPSA) is 39.6 Å². The third kappa shape index (κ3) is 4.42. The molecule has 0 saturated carbocycles. The van der Waals surface area contributed by atoms with E-state index in [0.29, 0.717) is 6.04 Å². The zero-order valence-electron chi connectivity index (χ0n) is 14.6. The Morgan fingerprint density at radius 1 is 1.21 bits per heavy atom. The summed E-state index contributed by atoms with van der Waals surface area (Å²) in [5.74, 6) is 0. The summed E-state index contributed by atoms with van der Waals surface area (Å²) in [7, 11) is 0. The van der Waals surface area contributed by atoms with E-state index in [9.17, 15) is 5.11 Å². The van der Waals surface area contributed by atoms with Gasteiger partial charge in [0.05, 0.1) is 5.01 Å². The number of hydrogen-bond donors (Lipinski definition) is 1. The maximum Gasteiger partial charge on any atom is 0.0897 e. The first kappa shape index (κ1) is 17.5. The predicted molar refractivity (Wildman–Crippen MR) is 99.2 cm³/mol. The molecule has 5 heteroatoms. The van der Waals surface area contributed by atoms with Gasteiger partial charge in [-0.2, -0.15) is 0 Å². The molecule has 1 aromatic heterocycles. The highest BCUT2D eigenvalue weighted by molar-refractivity contribution is 7.11. The molecule has 1 aliphatic rings. The summed E-state index contributed by atoms with van der Waals surface area (Å²) >= 11 is 1.79. The van der Waals surface area contributed by atoms with Crippen molar-refractivity contribution in [2.75, 3.05) is 26.2 Å². The SMILES string of the molecule is Cc1ncc(CN2CCN(Cc3ccccc3C)C(CCO)C2)s1. The first-order chi connectivity index (χ1) is 11.7. The minimum Gasteiger partial charge on any atom is -0.396 e. The number of aliphatic hydroxyl groups excluding tert-OH is 1. The Bertz CT molecular complexity index is 658. The summed E-state index contributed by atoms with van der Waals surface area (Å²) in [6, 6.07) is 9.03. The molecule has 1 fully saturated rings. The molecule has 2 heterocycles. The summed E-state index contributed by atoms with van der Waals surface area (Å²) in [5, 5.41) is 10.6. The predicted octanol–water partition coefficient (Wildman–Crippen LogP) is 2.83. The van der Waals surface area contributed by atoms with Crippen LogP contribution in [0.3, 0.4) is 0 Å². The van der Waals surface area contributed by atoms with Crippen molar-refractivity contribution in [1.82, 2.24) is 14.8 Å². The highest BCUT2D eigenvalue weighted by Crippen LogP contribution is 2.21. The summed E-state index contributed by atoms with van der Waals surface area (Å²) < 4.78 is 0. The fourth-order valence-corrected chi connectivity index (χ4v) is 4.27. The molecule has 4 nitrogen and oxygen atoms in total. The molecule has 0 aliphatic carbocycles. The van der Waals surface area contributed by atoms with Gasteiger partial charge in [-0.05, 0) is 31.4 Å². The van der Waals surface area contributed by atoms with Crippen molar-refractivity contribution < 1.29 is 5.11 Å². The highest BCUT2D eigenvalue weighted by Gasteiger charge is 2.27. The average molecular weight is 346 g/mol. The second-order valence-electron chi connectivity index (χ2n) is 6.64. The van der Waals surface area contributed by atoms with Crippen LogP contribution < -0.4 is 0 Å². The monoisotopic (exact) mass is 345 g/mol. The fourth-order valence-electron chi connectivity index (χ4n) is 3.44. The molecule has 3 rings (SSSR count). The van der Waals surface area contributed by atoms with Crippen molar-refractivity contribution in [3.05, 3.63) is 51.5 Å². The van der Waals surface area contributed by atoms with Crippen LogP contribution in [-0.2, 0) is 13.1 Å². The van der Waals surface area contributed by atoms with Crippen LogP contribution in [0, 0.1) is 13.8 Å². The maximum atomic E-state index is 9.48. The standard InChI is InChI=1S/C19H27N3OS/c1-15-5-3-4-6-17(15)12-22-9-8-21(13-18(22)7-10-23)14-19-11-20-16(2)24-19/h3-6,11,18,23H,7-10,12-14H2,1-2H3. The Balaban J connectivity index is 1.63. The fraction of sp³-hybridized carbons (Fsp3) is 0.526. The van der Waals surface area contributed by atoms with E-state index in [2.05, 4.69) is 52.9 Å². The second-order valence-corrected chi connectivity index (χ2v) is 7.96. The molecule has 0 bridgehead atoms. The Morgan fingerprint density at radius 2 is 2.04 bits per heavy atom. The molecule has 130 valence electrons. The van der Waals surface area contributed by atoms with Gasteiger partial charge in [0.1, 0.15) is 0 Å². The highest BCUT2D eigenvalue weighted by atomic mass is 32.1. The minimum absolute atomic E-state index is 0.252. The van der Waals surface area contributed by atoms with Gasteiger partial charge in [0.15, 0.2) is 0 Å². The summed E-state index contributed by atoms with van der Waals surface area (Å²) in [4.78, 5) is 10.7. The lowest BCUT2D eigenvalue weighted by molar-refractivity contribution is 0.0503. The molecule has 24 heavy (non-hydrogen) atoms. The van der Waals surface area contributed by atoms with E-state index in [1.807, 2.05) is 6.20 Å². The zero-order chi connectivity index (χ0) is 16.9. The maximum absolute atomic E-state index is 9.48. The van der Waals surface area contributed by atoms with Crippen LogP contribution in [0.4, 0.5) is 0 Å². The van der Waals surface area contributed by atoms with Gasteiger partial charge in [-0.3, -0.25) is 9.80 Å². The van der Waals surface area contributed by atoms with Crippen molar-refractivity contribution in [3.63, 3.8) is 0 Å². The molecular weight excluding hydrogens is 318 g/mol. The summed E-state index contributed by atoms with van der Waals surface area (Å²) in [5.41, 5.74) is 2.75. The van der Waals surface area contributed by atoms with Crippen molar-refractivity contribution in [3.8, 4) is 0 Å². The van der Waals surface area contributed by atoms with E-state index in [0.717, 1.165) is 44.2 Å². The molecule has 0 radical (unpaired) electrons. The Morgan fingerprint density at radius 3 is 2.75 bits per heavy atom. The second kappa shape index (κ2) is 8.21. The number of aromatic nitrogens is 1. The molecule has 2 aromatic rings. The largest absolute Gasteiger partial charge is 0.396 e. The van der Waals surface area contributed by atoms with Crippen LogP contribution in [0.15, 0.2) is 30.5 Å². The number of hydrogen-bond acceptors (Lipinski definition) is 5. The summed E-state index contributed by atoms with van der Waals surface area (Å²) in [6.07, 6.45) is 2.84. The number of aliphatic hydroxyl groups is 1. The first-order valence-electron chi connectivity index (χ1n) is 8.69. The molecule has 1 N–H and O–H groups in total. The Hall–Kier alpha value is -1.27. The van der Waals surface area contributed by atoms with Crippen molar-refractivity contribution in [1.29, 1.82) is 0 Å². The van der Waals surface area contributed by atoms with Crippen LogP contribution in [0.1, 0.15) is 27.4 Å². The van der Waals surface area contributed by atoms with Gasteiger partial charge in [0, 0.05) is 56.4 Å². The Kier molecular flexibility index (Phi) is 6.00. The smallest absolute Gasteiger partial charge is 0.0897 e. The van der Waals surface area contributed by atoms with E-state index in [-0.39, 0.29) is 6.61 Å². The van der Waals surface area contributed by atoms with Crippen LogP contribution in [0.5, 0.6) is 0 Å². The van der Waals surface area contributed by atoms with Gasteiger partial charge in [0.25, 0.3) is 0 Å². The van der Waals surface area contributed by atoms with Gasteiger partial charge >= 0.3 is 0 Å². The van der Waals surface area contributed by atoms with E-state index >= 15 is 0 Å². The van der Waals surface area contributed by atoms with E-state index in [1.54, 1.807) is 11.3 Å². The molecule has 1 aromatic carbocycles. The molecular formula is C19H27N3OS. The van der Waals surface area contributed by atoms with Crippen LogP contribution in [-0.4, -0.2) is 52.2 Å². The van der Waals surface area contributed by atoms with Gasteiger partial charge in [-0.1, -0.05) is 24.3 Å². The van der Waals surface area contributed by atoms with Crippen LogP contribution >= 0.6 is 11.3 Å². The zero-order valence-corrected chi connectivity index (χ0v) is 15.4. The molecule has 1 unspecified atom stereocenters. The molecule has 0 amide bonds. The van der Waals surface area contributed by atoms with E-state index in [4.69, 9.17) is 0 Å². The van der Waals surface area contributed by atoms with Gasteiger partial charge in [-0.15, -0.1) is 11.3 Å². The van der Waals surface area contributed by atoms with E-state index in [1.165, 1.54) is 16.0 Å². The lowest BCUT2D eigenvalue weighted by atomic mass is 10.0. The van der Waals surface area contributed by atoms with Crippen LogP contribution in [0.25, 0.3) is 0 Å². The van der Waals surface area contributed by atoms with E-state index < -0.39 is 0 Å². The molecule has 1 saturated heterocycles. The number of nitrogens with zero attached hydrogens (tertiary/aromatic N) is 3. The number of aryl methyl sites for hydroxylation is 2. The quantitative estimate of drug-likeness (QED) is 0.874. The van der Waals surface area contributed by atoms with Gasteiger partial charge < -0.3 is 5.11 Å². The van der Waals surface area contributed by atoms with Crippen molar-refractivity contribution >= 4 is 11.3 Å². The number of benzene rings is 1. The number of thiazole rings is 1. The molecule has 1 aliphatic heterocycles. The minimum atomic E-state index is 0.252. The first-order valence-corrected chi connectivity index (χ1v) is 9.50. The number of rotatable bonds is 6. The lowest BCUT2D eigenvalue weighted by Gasteiger charge is -2.41. The Labute approximate surface area is 148 Å². The molecule has 0 spiro atoms.